The summed E-state index contributed by atoms with van der Waals surface area (Å²) in [5, 5.41) is 6.12. The zero-order chi connectivity index (χ0) is 6.41. The molecule has 48 valence electrons. The Morgan fingerprint density at radius 1 is 1.62 bits per heavy atom. The monoisotopic (exact) mass is 226 g/mol. The van der Waals surface area contributed by atoms with E-state index in [0.29, 0.717) is 6.17 Å². The van der Waals surface area contributed by atoms with Gasteiger partial charge in [-0.2, -0.15) is 0 Å². The molecule has 3 heteroatoms. The van der Waals surface area contributed by atoms with E-state index in [4.69, 9.17) is 0 Å². The summed E-state index contributed by atoms with van der Waals surface area (Å²) in [5.74, 6) is 0. The zero-order valence-electron chi connectivity index (χ0n) is 5.11. The smallest absolute Gasteiger partial charge is 0.0731 e. The SMILES string of the molecule is CN[C@H](C)N/C=C\I. The van der Waals surface area contributed by atoms with E-state index in [-0.39, 0.29) is 0 Å². The molecular formula is C5H11IN2. The van der Waals surface area contributed by atoms with Gasteiger partial charge in [-0.15, -0.1) is 0 Å². The van der Waals surface area contributed by atoms with Gasteiger partial charge in [-0.25, -0.2) is 0 Å². The van der Waals surface area contributed by atoms with Crippen LogP contribution in [0.25, 0.3) is 0 Å². The molecular weight excluding hydrogens is 215 g/mol. The van der Waals surface area contributed by atoms with Crippen LogP contribution in [0.3, 0.4) is 0 Å². The molecule has 8 heavy (non-hydrogen) atoms. The van der Waals surface area contributed by atoms with Gasteiger partial charge < -0.3 is 10.6 Å². The second-order valence-electron chi connectivity index (χ2n) is 1.47. The molecule has 0 amide bonds. The highest BCUT2D eigenvalue weighted by molar-refractivity contribution is 14.1. The van der Waals surface area contributed by atoms with Crippen LogP contribution >= 0.6 is 22.6 Å². The zero-order valence-corrected chi connectivity index (χ0v) is 7.27. The molecule has 0 heterocycles. The molecule has 0 aliphatic heterocycles. The van der Waals surface area contributed by atoms with Gasteiger partial charge in [-0.05, 0) is 18.1 Å². The average Bonchev–Trinajstić information content (AvgIpc) is 1.83. The molecule has 0 saturated carbocycles. The van der Waals surface area contributed by atoms with Crippen LogP contribution in [0, 0.1) is 0 Å². The normalized spacial score (nSPS) is 14.4. The number of hydrogen-bond acceptors (Lipinski definition) is 2. The van der Waals surface area contributed by atoms with E-state index in [0.717, 1.165) is 0 Å². The first-order valence-corrected chi connectivity index (χ1v) is 3.74. The third kappa shape index (κ3) is 4.39. The van der Waals surface area contributed by atoms with Crippen molar-refractivity contribution in [2.45, 2.75) is 13.1 Å². The lowest BCUT2D eigenvalue weighted by atomic mass is 10.6. The van der Waals surface area contributed by atoms with Crippen LogP contribution in [0.4, 0.5) is 0 Å². The Morgan fingerprint density at radius 3 is 2.62 bits per heavy atom. The highest BCUT2D eigenvalue weighted by Crippen LogP contribution is 1.80. The number of rotatable bonds is 3. The maximum absolute atomic E-state index is 3.08. The average molecular weight is 226 g/mol. The van der Waals surface area contributed by atoms with Gasteiger partial charge in [-0.1, -0.05) is 22.6 Å². The fourth-order valence-electron chi connectivity index (χ4n) is 0.264. The van der Waals surface area contributed by atoms with Crippen LogP contribution in [0.15, 0.2) is 10.3 Å². The van der Waals surface area contributed by atoms with Crippen molar-refractivity contribution >= 4 is 22.6 Å². The lowest BCUT2D eigenvalue weighted by Gasteiger charge is -2.07. The van der Waals surface area contributed by atoms with Gasteiger partial charge in [0.05, 0.1) is 6.17 Å². The molecule has 0 aromatic heterocycles. The molecule has 0 aliphatic carbocycles. The molecule has 0 fully saturated rings. The third-order valence-corrected chi connectivity index (χ3v) is 1.20. The predicted octanol–water partition coefficient (Wildman–Crippen LogP) is 1.05. The third-order valence-electron chi connectivity index (χ3n) is 0.842. The van der Waals surface area contributed by atoms with Crippen molar-refractivity contribution in [1.29, 1.82) is 0 Å². The van der Waals surface area contributed by atoms with Crippen molar-refractivity contribution in [2.75, 3.05) is 7.05 Å². The van der Waals surface area contributed by atoms with Crippen molar-refractivity contribution in [3.63, 3.8) is 0 Å². The lowest BCUT2D eigenvalue weighted by Crippen LogP contribution is -2.33. The minimum atomic E-state index is 0.362. The molecule has 2 N–H and O–H groups in total. The summed E-state index contributed by atoms with van der Waals surface area (Å²) in [6, 6.07) is 0. The molecule has 1 atom stereocenters. The molecule has 0 aromatic rings. The molecule has 0 bridgehead atoms. The highest BCUT2D eigenvalue weighted by atomic mass is 127. The van der Waals surface area contributed by atoms with Crippen molar-refractivity contribution in [2.24, 2.45) is 0 Å². The van der Waals surface area contributed by atoms with E-state index in [1.54, 1.807) is 0 Å². The van der Waals surface area contributed by atoms with Gasteiger partial charge in [0.25, 0.3) is 0 Å². The van der Waals surface area contributed by atoms with E-state index in [1.807, 2.05) is 17.3 Å². The number of hydrogen-bond donors (Lipinski definition) is 2. The van der Waals surface area contributed by atoms with Crippen molar-refractivity contribution < 1.29 is 0 Å². The Morgan fingerprint density at radius 2 is 2.25 bits per heavy atom. The summed E-state index contributed by atoms with van der Waals surface area (Å²) in [4.78, 5) is 0. The molecule has 0 spiro atoms. The largest absolute Gasteiger partial charge is 0.376 e. The van der Waals surface area contributed by atoms with E-state index in [1.165, 1.54) is 0 Å². The molecule has 0 unspecified atom stereocenters. The first-order chi connectivity index (χ1) is 3.81. The summed E-state index contributed by atoms with van der Waals surface area (Å²) in [6.07, 6.45) is 2.27. The first-order valence-electron chi connectivity index (χ1n) is 2.49. The van der Waals surface area contributed by atoms with E-state index >= 15 is 0 Å². The van der Waals surface area contributed by atoms with E-state index < -0.39 is 0 Å². The predicted molar refractivity (Wildman–Crippen MR) is 44.8 cm³/mol. The summed E-state index contributed by atoms with van der Waals surface area (Å²) in [7, 11) is 1.92. The molecule has 0 radical (unpaired) electrons. The summed E-state index contributed by atoms with van der Waals surface area (Å²) < 4.78 is 1.94. The van der Waals surface area contributed by atoms with Crippen molar-refractivity contribution in [1.82, 2.24) is 10.6 Å². The Labute approximate surface area is 63.9 Å². The Hall–Kier alpha value is 0.230. The Kier molecular flexibility index (Phi) is 5.52. The molecule has 0 aromatic carbocycles. The maximum atomic E-state index is 3.08. The van der Waals surface area contributed by atoms with Crippen molar-refractivity contribution in [3.8, 4) is 0 Å². The van der Waals surface area contributed by atoms with E-state index in [2.05, 4.69) is 40.1 Å². The van der Waals surface area contributed by atoms with Gasteiger partial charge in [-0.3, -0.25) is 0 Å². The van der Waals surface area contributed by atoms with Crippen LogP contribution in [0.5, 0.6) is 0 Å². The van der Waals surface area contributed by atoms with Gasteiger partial charge in [0.1, 0.15) is 0 Å². The van der Waals surface area contributed by atoms with Crippen molar-refractivity contribution in [3.05, 3.63) is 10.3 Å². The second kappa shape index (κ2) is 5.37. The molecule has 0 aliphatic rings. The summed E-state index contributed by atoms with van der Waals surface area (Å²) >= 11 is 2.17. The Bertz CT molecular complexity index is 72.8. The van der Waals surface area contributed by atoms with Crippen LogP contribution < -0.4 is 10.6 Å². The van der Waals surface area contributed by atoms with Crippen LogP contribution in [-0.4, -0.2) is 13.2 Å². The van der Waals surface area contributed by atoms with Gasteiger partial charge >= 0.3 is 0 Å². The quantitative estimate of drug-likeness (QED) is 0.555. The summed E-state index contributed by atoms with van der Waals surface area (Å²) in [6.45, 7) is 2.05. The lowest BCUT2D eigenvalue weighted by molar-refractivity contribution is 0.559. The van der Waals surface area contributed by atoms with Gasteiger partial charge in [0.15, 0.2) is 0 Å². The minimum absolute atomic E-state index is 0.362. The Balaban J connectivity index is 3.10. The summed E-state index contributed by atoms with van der Waals surface area (Å²) in [5.41, 5.74) is 0. The molecule has 0 rings (SSSR count). The number of halogens is 1. The van der Waals surface area contributed by atoms with Crippen LogP contribution in [-0.2, 0) is 0 Å². The van der Waals surface area contributed by atoms with E-state index in [9.17, 15) is 0 Å². The highest BCUT2D eigenvalue weighted by Gasteiger charge is 1.86. The molecule has 0 saturated heterocycles. The maximum Gasteiger partial charge on any atom is 0.0731 e. The van der Waals surface area contributed by atoms with Crippen LogP contribution in [0.1, 0.15) is 6.92 Å². The standard InChI is InChI=1S/C5H11IN2/c1-5(7-2)8-4-3-6/h3-5,7-8H,1-2H3/b4-3-/t5-/m0/s1. The second-order valence-corrected chi connectivity index (χ2v) is 2.19. The topological polar surface area (TPSA) is 24.1 Å². The van der Waals surface area contributed by atoms with Gasteiger partial charge in [0, 0.05) is 6.20 Å². The van der Waals surface area contributed by atoms with Crippen LogP contribution in [0.2, 0.25) is 0 Å². The minimum Gasteiger partial charge on any atom is -0.376 e. The fraction of sp³-hybridized carbons (Fsp3) is 0.600. The molecule has 2 nitrogen and oxygen atoms in total. The first kappa shape index (κ1) is 8.23. The fourth-order valence-corrected chi connectivity index (χ4v) is 0.472. The number of nitrogens with one attached hydrogen (secondary N) is 2. The van der Waals surface area contributed by atoms with Gasteiger partial charge in [0.2, 0.25) is 0 Å².